The molecule has 0 fully saturated rings. The van der Waals surface area contributed by atoms with E-state index in [9.17, 15) is 64.2 Å². The van der Waals surface area contributed by atoms with Crippen molar-refractivity contribution in [2.45, 2.75) is 157 Å². The van der Waals surface area contributed by atoms with Gasteiger partial charge in [-0.15, -0.1) is 0 Å². The Balaban J connectivity index is -0.000000140. The first-order valence-corrected chi connectivity index (χ1v) is 33.6. The Labute approximate surface area is 542 Å². The van der Waals surface area contributed by atoms with Crippen LogP contribution in [0.4, 0.5) is 0 Å². The van der Waals surface area contributed by atoms with Crippen molar-refractivity contribution in [3.63, 3.8) is 0 Å². The minimum absolute atomic E-state index is 0. The van der Waals surface area contributed by atoms with Crippen LogP contribution in [0.2, 0.25) is 0 Å². The molecule has 0 unspecified atom stereocenters. The van der Waals surface area contributed by atoms with Gasteiger partial charge in [0.15, 0.2) is 0 Å². The molecule has 0 amide bonds. The first-order valence-electron chi connectivity index (χ1n) is 25.0. The second kappa shape index (κ2) is 49.0. The van der Waals surface area contributed by atoms with Crippen molar-refractivity contribution in [3.05, 3.63) is 251 Å². The fraction of sp³-hybridized carbons (Fsp3) is 0.273. The van der Waals surface area contributed by atoms with E-state index in [1.165, 1.54) is 77.9 Å². The summed E-state index contributed by atoms with van der Waals surface area (Å²) in [6, 6.07) is 56.8. The molecule has 0 spiro atoms. The highest BCUT2D eigenvalue weighted by molar-refractivity contribution is 7.87. The molecule has 0 saturated heterocycles. The summed E-state index contributed by atoms with van der Waals surface area (Å²) >= 11 is 0. The zero-order chi connectivity index (χ0) is 65.1. The topological polar surface area (TPSA) is 335 Å². The van der Waals surface area contributed by atoms with Crippen molar-refractivity contribution in [1.29, 1.82) is 0 Å². The third-order valence-corrected chi connectivity index (χ3v) is 15.2. The molecule has 0 aromatic heterocycles. The summed E-state index contributed by atoms with van der Waals surface area (Å²) in [6.07, 6.45) is 0. The van der Waals surface area contributed by atoms with Crippen molar-refractivity contribution in [2.24, 2.45) is 0 Å². The van der Waals surface area contributed by atoms with Gasteiger partial charge in [0, 0.05) is 0 Å². The van der Waals surface area contributed by atoms with Gasteiger partial charge < -0.3 is 13.7 Å². The van der Waals surface area contributed by atoms with Crippen LogP contribution in [0.25, 0.3) is 0 Å². The smallest absolute Gasteiger partial charge is 0.294 e. The zero-order valence-electron chi connectivity index (χ0n) is 48.5. The van der Waals surface area contributed by atoms with Crippen LogP contribution in [0.1, 0.15) is 117 Å². The van der Waals surface area contributed by atoms with E-state index < -0.39 is 60.7 Å². The standard InChI is InChI=1S/6C7H8O3S.2C7H8.2C2H6.6CH4/c1-6-2-4-7(5-3-6)11(8,9)10;3*1-6-3-2-4-7(5-6)11(8,9)10;2*1-6-4-2-3-5-7(6)11(8,9)10;2*1-7-5-3-2-4-6-7;2*1-2;;;;;;/h6*2-5H,1H3,(H,8,9,10);2*2-6H,1H3;2*1-2H3;6*1H4/p-3. The van der Waals surface area contributed by atoms with Gasteiger partial charge in [0.1, 0.15) is 30.4 Å². The lowest BCUT2D eigenvalue weighted by Crippen LogP contribution is -2.00. The Morgan fingerprint density at radius 3 is 0.678 bits per heavy atom. The first-order chi connectivity index (χ1) is 38.8. The summed E-state index contributed by atoms with van der Waals surface area (Å²) in [6.45, 7) is 22.4. The summed E-state index contributed by atoms with van der Waals surface area (Å²) in [4.78, 5) is -0.629. The van der Waals surface area contributed by atoms with E-state index in [1.807, 2.05) is 71.0 Å². The zero-order valence-corrected chi connectivity index (χ0v) is 53.4. The molecule has 24 heteroatoms. The van der Waals surface area contributed by atoms with E-state index in [4.69, 9.17) is 13.7 Å². The van der Waals surface area contributed by atoms with Gasteiger partial charge in [-0.05, 0) is 144 Å². The molecular formula is C66H97O18S6-3. The van der Waals surface area contributed by atoms with E-state index in [-0.39, 0.29) is 73.9 Å². The van der Waals surface area contributed by atoms with E-state index >= 15 is 0 Å². The summed E-state index contributed by atoms with van der Waals surface area (Å²) in [5.41, 5.74) is 6.98. The monoisotopic (exact) mass is 1370 g/mol. The Bertz CT molecular complexity index is 3620. The largest absolute Gasteiger partial charge is 0.744 e. The average Bonchev–Trinajstić information content (AvgIpc) is 1.56. The van der Waals surface area contributed by atoms with Crippen molar-refractivity contribution < 1.29 is 77.8 Å². The lowest BCUT2D eigenvalue weighted by Gasteiger charge is -2.08. The quantitative estimate of drug-likeness (QED) is 0.130. The molecule has 0 atom stereocenters. The summed E-state index contributed by atoms with van der Waals surface area (Å²) < 4.78 is 183. The lowest BCUT2D eigenvalue weighted by molar-refractivity contribution is 0.460. The van der Waals surface area contributed by atoms with Gasteiger partial charge in [-0.3, -0.25) is 13.7 Å². The van der Waals surface area contributed by atoms with E-state index in [0.29, 0.717) is 11.1 Å². The van der Waals surface area contributed by atoms with Gasteiger partial charge in [-0.25, -0.2) is 25.3 Å². The number of aryl methyl sites for hydroxylation is 8. The van der Waals surface area contributed by atoms with Gasteiger partial charge in [0.2, 0.25) is 0 Å². The highest BCUT2D eigenvalue weighted by atomic mass is 32.2. The molecular weight excluding hydrogens is 1270 g/mol. The predicted molar refractivity (Wildman–Crippen MR) is 366 cm³/mol. The van der Waals surface area contributed by atoms with Crippen LogP contribution in [0.15, 0.2) is 236 Å². The van der Waals surface area contributed by atoms with Crippen LogP contribution >= 0.6 is 0 Å². The molecule has 0 bridgehead atoms. The van der Waals surface area contributed by atoms with E-state index in [1.54, 1.807) is 113 Å². The van der Waals surface area contributed by atoms with Crippen LogP contribution in [-0.4, -0.2) is 77.8 Å². The summed E-state index contributed by atoms with van der Waals surface area (Å²) in [5, 5.41) is 0. The maximum absolute atomic E-state index is 10.6. The van der Waals surface area contributed by atoms with Crippen molar-refractivity contribution in [2.75, 3.05) is 0 Å². The molecule has 0 radical (unpaired) electrons. The molecule has 508 valence electrons. The SMILES string of the molecule is C.C.C.C.C.C.CC.CC.Cc1ccc(S(=O)(=O)O)cc1.Cc1cccc(S(=O)(=O)O)c1.Cc1cccc(S(=O)(=O)[O-])c1.Cc1cccc(S(=O)(=O)[O-])c1.Cc1ccccc1.Cc1ccccc1.Cc1ccccc1S(=O)(=O)O.Cc1ccccc1S(=O)(=O)[O-]. The second-order valence-corrected chi connectivity index (χ2v) is 25.2. The first kappa shape index (κ1) is 99.4. The van der Waals surface area contributed by atoms with E-state index in [2.05, 4.69) is 38.1 Å². The van der Waals surface area contributed by atoms with Gasteiger partial charge in [0.05, 0.1) is 29.4 Å². The van der Waals surface area contributed by atoms with E-state index in [0.717, 1.165) is 22.3 Å². The number of hydrogen-bond acceptors (Lipinski definition) is 15. The van der Waals surface area contributed by atoms with Crippen LogP contribution in [0.5, 0.6) is 0 Å². The number of benzene rings is 8. The van der Waals surface area contributed by atoms with Gasteiger partial charge >= 0.3 is 0 Å². The highest BCUT2D eigenvalue weighted by Gasteiger charge is 2.11. The minimum atomic E-state index is -4.28. The lowest BCUT2D eigenvalue weighted by atomic mass is 10.2. The molecule has 3 N–H and O–H groups in total. The molecule has 0 aliphatic heterocycles. The van der Waals surface area contributed by atoms with Crippen LogP contribution in [-0.2, 0) is 60.7 Å². The Morgan fingerprint density at radius 1 is 0.244 bits per heavy atom. The van der Waals surface area contributed by atoms with Gasteiger partial charge in [-0.1, -0.05) is 235 Å². The average molecular weight is 1370 g/mol. The van der Waals surface area contributed by atoms with Crippen LogP contribution in [0, 0.1) is 55.4 Å². The third kappa shape index (κ3) is 45.5. The number of hydrogen-bond donors (Lipinski definition) is 3. The fourth-order valence-corrected chi connectivity index (χ4v) is 9.43. The number of rotatable bonds is 6. The molecule has 8 aromatic rings. The predicted octanol–water partition coefficient (Wildman–Crippen LogP) is 16.3. The van der Waals surface area contributed by atoms with Gasteiger partial charge in [0.25, 0.3) is 30.4 Å². The van der Waals surface area contributed by atoms with Gasteiger partial charge in [-0.2, -0.15) is 25.3 Å². The van der Waals surface area contributed by atoms with Crippen molar-refractivity contribution in [3.8, 4) is 0 Å². The molecule has 18 nitrogen and oxygen atoms in total. The molecule has 8 rings (SSSR count). The Kier molecular flexibility index (Phi) is 54.1. The van der Waals surface area contributed by atoms with Crippen molar-refractivity contribution >= 4 is 60.7 Å². The van der Waals surface area contributed by atoms with Crippen LogP contribution < -0.4 is 0 Å². The maximum atomic E-state index is 10.6. The molecule has 0 aliphatic rings. The Morgan fingerprint density at radius 2 is 0.489 bits per heavy atom. The molecule has 0 aliphatic carbocycles. The molecule has 0 saturated carbocycles. The van der Waals surface area contributed by atoms with Crippen molar-refractivity contribution in [1.82, 2.24) is 0 Å². The summed E-state index contributed by atoms with van der Waals surface area (Å²) in [5.74, 6) is 0. The second-order valence-electron chi connectivity index (χ2n) is 16.9. The maximum Gasteiger partial charge on any atom is 0.294 e. The molecule has 0 heterocycles. The fourth-order valence-electron chi connectivity index (χ4n) is 5.78. The van der Waals surface area contributed by atoms with Crippen LogP contribution in [0.3, 0.4) is 0 Å². The molecule has 8 aromatic carbocycles. The Hall–Kier alpha value is -6.78. The minimum Gasteiger partial charge on any atom is -0.744 e. The summed E-state index contributed by atoms with van der Waals surface area (Å²) in [7, 11) is -24.9. The normalized spacial score (nSPS) is 9.89. The molecule has 90 heavy (non-hydrogen) atoms. The highest BCUT2D eigenvalue weighted by Crippen LogP contribution is 2.15. The third-order valence-electron chi connectivity index (χ3n) is 9.78.